The number of nitrogens with one attached hydrogen (secondary N) is 1. The Hall–Kier alpha value is -2.61. The van der Waals surface area contributed by atoms with E-state index in [1.807, 2.05) is 49.3 Å². The summed E-state index contributed by atoms with van der Waals surface area (Å²) in [6, 6.07) is 11.4. The fraction of sp³-hybridized carbons (Fsp3) is 0.154. The second-order valence-electron chi connectivity index (χ2n) is 3.94. The SMILES string of the molecule is CN(C)c1ccc(Nc2nccc(C#N)n2)cc1. The van der Waals surface area contributed by atoms with Crippen LogP contribution in [-0.4, -0.2) is 24.1 Å². The number of benzene rings is 1. The maximum Gasteiger partial charge on any atom is 0.228 e. The fourth-order valence-corrected chi connectivity index (χ4v) is 1.45. The van der Waals surface area contributed by atoms with Crippen molar-refractivity contribution in [1.29, 1.82) is 5.26 Å². The van der Waals surface area contributed by atoms with Crippen LogP contribution in [0.5, 0.6) is 0 Å². The minimum Gasteiger partial charge on any atom is -0.378 e. The Kier molecular flexibility index (Phi) is 3.39. The molecule has 1 aromatic carbocycles. The van der Waals surface area contributed by atoms with Gasteiger partial charge in [0.2, 0.25) is 5.95 Å². The standard InChI is InChI=1S/C13H13N5/c1-18(2)12-5-3-10(4-6-12)16-13-15-8-7-11(9-14)17-13/h3-8H,1-2H3,(H,15,16,17). The summed E-state index contributed by atoms with van der Waals surface area (Å²) < 4.78 is 0. The molecule has 1 aromatic heterocycles. The summed E-state index contributed by atoms with van der Waals surface area (Å²) in [6.45, 7) is 0. The second-order valence-corrected chi connectivity index (χ2v) is 3.94. The van der Waals surface area contributed by atoms with Crippen LogP contribution in [0.25, 0.3) is 0 Å². The lowest BCUT2D eigenvalue weighted by Crippen LogP contribution is -2.08. The summed E-state index contributed by atoms with van der Waals surface area (Å²) >= 11 is 0. The molecule has 18 heavy (non-hydrogen) atoms. The summed E-state index contributed by atoms with van der Waals surface area (Å²) in [5, 5.41) is 11.8. The Morgan fingerprint density at radius 2 is 1.89 bits per heavy atom. The third-order valence-electron chi connectivity index (χ3n) is 2.41. The highest BCUT2D eigenvalue weighted by molar-refractivity contribution is 5.58. The van der Waals surface area contributed by atoms with Gasteiger partial charge < -0.3 is 10.2 Å². The minimum atomic E-state index is 0.345. The first-order chi connectivity index (χ1) is 8.69. The molecule has 2 rings (SSSR count). The summed E-state index contributed by atoms with van der Waals surface area (Å²) in [7, 11) is 3.98. The summed E-state index contributed by atoms with van der Waals surface area (Å²) in [4.78, 5) is 10.1. The molecule has 0 saturated carbocycles. The number of hydrogen-bond acceptors (Lipinski definition) is 5. The van der Waals surface area contributed by atoms with Crippen molar-refractivity contribution in [3.8, 4) is 6.07 Å². The van der Waals surface area contributed by atoms with E-state index in [9.17, 15) is 0 Å². The van der Waals surface area contributed by atoms with Gasteiger partial charge in [-0.3, -0.25) is 0 Å². The van der Waals surface area contributed by atoms with Gasteiger partial charge in [0.15, 0.2) is 0 Å². The molecule has 0 bridgehead atoms. The molecule has 5 heteroatoms. The van der Waals surface area contributed by atoms with Gasteiger partial charge in [0.05, 0.1) is 0 Å². The number of anilines is 3. The molecule has 0 aliphatic carbocycles. The third kappa shape index (κ3) is 2.74. The van der Waals surface area contributed by atoms with Crippen LogP contribution in [0.2, 0.25) is 0 Å². The first-order valence-corrected chi connectivity index (χ1v) is 5.46. The van der Waals surface area contributed by atoms with E-state index in [0.29, 0.717) is 11.6 Å². The number of aromatic nitrogens is 2. The van der Waals surface area contributed by atoms with Gasteiger partial charge in [0.25, 0.3) is 0 Å². The molecule has 0 spiro atoms. The van der Waals surface area contributed by atoms with Crippen molar-refractivity contribution >= 4 is 17.3 Å². The van der Waals surface area contributed by atoms with Crippen molar-refractivity contribution < 1.29 is 0 Å². The van der Waals surface area contributed by atoms with Gasteiger partial charge in [-0.25, -0.2) is 9.97 Å². The van der Waals surface area contributed by atoms with E-state index in [2.05, 4.69) is 15.3 Å². The fourth-order valence-electron chi connectivity index (χ4n) is 1.45. The molecule has 1 heterocycles. The lowest BCUT2D eigenvalue weighted by molar-refractivity contribution is 1.13. The van der Waals surface area contributed by atoms with E-state index in [-0.39, 0.29) is 0 Å². The molecule has 0 amide bonds. The Morgan fingerprint density at radius 1 is 1.17 bits per heavy atom. The molecule has 0 aliphatic rings. The topological polar surface area (TPSA) is 64.8 Å². The Morgan fingerprint density at radius 3 is 2.50 bits per heavy atom. The highest BCUT2D eigenvalue weighted by atomic mass is 15.1. The molecule has 0 aliphatic heterocycles. The monoisotopic (exact) mass is 239 g/mol. The first-order valence-electron chi connectivity index (χ1n) is 5.46. The summed E-state index contributed by atoms with van der Waals surface area (Å²) in [6.07, 6.45) is 1.56. The highest BCUT2D eigenvalue weighted by Gasteiger charge is 2.00. The predicted octanol–water partition coefficient (Wildman–Crippen LogP) is 2.16. The molecule has 0 fully saturated rings. The number of nitriles is 1. The van der Waals surface area contributed by atoms with Gasteiger partial charge >= 0.3 is 0 Å². The van der Waals surface area contributed by atoms with Crippen molar-refractivity contribution in [1.82, 2.24) is 9.97 Å². The summed E-state index contributed by atoms with van der Waals surface area (Å²) in [5.74, 6) is 0.423. The van der Waals surface area contributed by atoms with Crippen LogP contribution in [0, 0.1) is 11.3 Å². The minimum absolute atomic E-state index is 0.345. The van der Waals surface area contributed by atoms with E-state index in [4.69, 9.17) is 5.26 Å². The van der Waals surface area contributed by atoms with Crippen LogP contribution in [-0.2, 0) is 0 Å². The smallest absolute Gasteiger partial charge is 0.228 e. The van der Waals surface area contributed by atoms with E-state index in [1.165, 1.54) is 0 Å². The van der Waals surface area contributed by atoms with Crippen LogP contribution in [0.3, 0.4) is 0 Å². The van der Waals surface area contributed by atoms with Crippen LogP contribution >= 0.6 is 0 Å². The molecule has 5 nitrogen and oxygen atoms in total. The molecule has 0 atom stereocenters. The van der Waals surface area contributed by atoms with E-state index < -0.39 is 0 Å². The van der Waals surface area contributed by atoms with Gasteiger partial charge in [0, 0.05) is 31.7 Å². The van der Waals surface area contributed by atoms with Crippen LogP contribution in [0.4, 0.5) is 17.3 Å². The zero-order valence-electron chi connectivity index (χ0n) is 10.3. The van der Waals surface area contributed by atoms with Gasteiger partial charge in [0.1, 0.15) is 11.8 Å². The largest absolute Gasteiger partial charge is 0.378 e. The van der Waals surface area contributed by atoms with Gasteiger partial charge in [-0.15, -0.1) is 0 Å². The van der Waals surface area contributed by atoms with E-state index in [0.717, 1.165) is 11.4 Å². The van der Waals surface area contributed by atoms with E-state index >= 15 is 0 Å². The third-order valence-corrected chi connectivity index (χ3v) is 2.41. The van der Waals surface area contributed by atoms with Gasteiger partial charge in [-0.1, -0.05) is 0 Å². The Balaban J connectivity index is 2.16. The van der Waals surface area contributed by atoms with E-state index in [1.54, 1.807) is 12.3 Å². The van der Waals surface area contributed by atoms with Crippen molar-refractivity contribution in [3.63, 3.8) is 0 Å². The summed E-state index contributed by atoms with van der Waals surface area (Å²) in [5.41, 5.74) is 2.35. The molecule has 0 radical (unpaired) electrons. The van der Waals surface area contributed by atoms with Gasteiger partial charge in [-0.05, 0) is 30.3 Å². The highest BCUT2D eigenvalue weighted by Crippen LogP contribution is 2.17. The van der Waals surface area contributed by atoms with Gasteiger partial charge in [-0.2, -0.15) is 5.26 Å². The molecular formula is C13H13N5. The lowest BCUT2D eigenvalue weighted by atomic mass is 10.2. The molecule has 0 unspecified atom stereocenters. The van der Waals surface area contributed by atoms with Crippen molar-refractivity contribution in [2.24, 2.45) is 0 Å². The zero-order valence-corrected chi connectivity index (χ0v) is 10.3. The Bertz CT molecular complexity index is 569. The molecule has 1 N–H and O–H groups in total. The molecule has 2 aromatic rings. The van der Waals surface area contributed by atoms with Crippen LogP contribution in [0.1, 0.15) is 5.69 Å². The average Bonchev–Trinajstić information content (AvgIpc) is 2.39. The van der Waals surface area contributed by atoms with Crippen molar-refractivity contribution in [2.45, 2.75) is 0 Å². The number of hydrogen-bond donors (Lipinski definition) is 1. The predicted molar refractivity (Wildman–Crippen MR) is 70.8 cm³/mol. The first kappa shape index (κ1) is 11.9. The molecular weight excluding hydrogens is 226 g/mol. The number of nitrogens with zero attached hydrogens (tertiary/aromatic N) is 4. The maximum absolute atomic E-state index is 8.75. The zero-order chi connectivity index (χ0) is 13.0. The normalized spacial score (nSPS) is 9.61. The number of rotatable bonds is 3. The van der Waals surface area contributed by atoms with Crippen molar-refractivity contribution in [3.05, 3.63) is 42.2 Å². The quantitative estimate of drug-likeness (QED) is 0.889. The molecule has 90 valence electrons. The second kappa shape index (κ2) is 5.15. The Labute approximate surface area is 106 Å². The maximum atomic E-state index is 8.75. The lowest BCUT2D eigenvalue weighted by Gasteiger charge is -2.12. The molecule has 0 saturated heterocycles. The van der Waals surface area contributed by atoms with Crippen LogP contribution in [0.15, 0.2) is 36.5 Å². The average molecular weight is 239 g/mol. The van der Waals surface area contributed by atoms with Crippen LogP contribution < -0.4 is 10.2 Å². The van der Waals surface area contributed by atoms with Crippen molar-refractivity contribution in [2.75, 3.05) is 24.3 Å².